The molecule has 1 saturated heterocycles. The van der Waals surface area contributed by atoms with Gasteiger partial charge in [-0.25, -0.2) is 17.1 Å². The molecule has 0 radical (unpaired) electrons. The minimum absolute atomic E-state index is 0. The van der Waals surface area contributed by atoms with Gasteiger partial charge in [0.2, 0.25) is 10.0 Å². The van der Waals surface area contributed by atoms with E-state index in [-0.39, 0.29) is 60.9 Å². The fourth-order valence-corrected chi connectivity index (χ4v) is 4.14. The van der Waals surface area contributed by atoms with Crippen molar-refractivity contribution in [2.75, 3.05) is 32.4 Å². The highest BCUT2D eigenvalue weighted by Gasteiger charge is 2.33. The third kappa shape index (κ3) is 6.75. The number of guanidine groups is 1. The molecule has 27 heavy (non-hydrogen) atoms. The Morgan fingerprint density at radius 1 is 1.30 bits per heavy atom. The number of hydrogen-bond acceptors (Lipinski definition) is 3. The van der Waals surface area contributed by atoms with Crippen LogP contribution in [-0.4, -0.2) is 51.1 Å². The number of sulfonamides is 1. The number of alkyl halides is 3. The van der Waals surface area contributed by atoms with Crippen LogP contribution < -0.4 is 10.6 Å². The lowest BCUT2D eigenvalue weighted by atomic mass is 10.1. The summed E-state index contributed by atoms with van der Waals surface area (Å²) >= 11 is 0. The average molecular weight is 524 g/mol. The van der Waals surface area contributed by atoms with Crippen LogP contribution in [0, 0.1) is 5.82 Å². The molecular weight excluding hydrogens is 503 g/mol. The maximum Gasteiger partial charge on any atom is 0.416 e. The van der Waals surface area contributed by atoms with Crippen LogP contribution in [-0.2, 0) is 22.7 Å². The molecule has 2 rings (SSSR count). The van der Waals surface area contributed by atoms with Crippen LogP contribution in [0.5, 0.6) is 0 Å². The van der Waals surface area contributed by atoms with Crippen LogP contribution in [0.15, 0.2) is 23.2 Å². The largest absolute Gasteiger partial charge is 0.416 e. The average Bonchev–Trinajstić information content (AvgIpc) is 2.89. The van der Waals surface area contributed by atoms with Crippen molar-refractivity contribution in [1.29, 1.82) is 0 Å². The Kier molecular flexibility index (Phi) is 8.73. The molecule has 1 aromatic carbocycles. The lowest BCUT2D eigenvalue weighted by Gasteiger charge is -2.18. The summed E-state index contributed by atoms with van der Waals surface area (Å²) in [5.74, 6) is -0.612. The van der Waals surface area contributed by atoms with Gasteiger partial charge in [0.05, 0.1) is 11.3 Å². The molecule has 1 aromatic rings. The maximum absolute atomic E-state index is 13.1. The van der Waals surface area contributed by atoms with Crippen LogP contribution in [0.25, 0.3) is 0 Å². The molecule has 0 aromatic heterocycles. The van der Waals surface area contributed by atoms with Gasteiger partial charge in [0.1, 0.15) is 5.82 Å². The zero-order chi connectivity index (χ0) is 19.4. The van der Waals surface area contributed by atoms with Crippen molar-refractivity contribution in [1.82, 2.24) is 14.9 Å². The third-order valence-electron chi connectivity index (χ3n) is 3.90. The summed E-state index contributed by atoms with van der Waals surface area (Å²) in [7, 11) is -1.76. The molecule has 1 fully saturated rings. The SMILES string of the molecule is CN=C(NCCN1CCCS1(=O)=O)NCc1ccc(F)cc1C(F)(F)F.I. The molecule has 1 heterocycles. The van der Waals surface area contributed by atoms with Gasteiger partial charge in [-0.2, -0.15) is 13.2 Å². The van der Waals surface area contributed by atoms with Crippen molar-refractivity contribution >= 4 is 40.0 Å². The van der Waals surface area contributed by atoms with E-state index in [9.17, 15) is 26.0 Å². The smallest absolute Gasteiger partial charge is 0.355 e. The Labute approximate surface area is 172 Å². The first-order chi connectivity index (χ1) is 12.1. The van der Waals surface area contributed by atoms with Crippen molar-refractivity contribution in [2.24, 2.45) is 4.99 Å². The fraction of sp³-hybridized carbons (Fsp3) is 0.533. The normalized spacial score (nSPS) is 17.4. The van der Waals surface area contributed by atoms with Gasteiger partial charge in [0.15, 0.2) is 5.96 Å². The number of hydrogen-bond donors (Lipinski definition) is 2. The zero-order valence-electron chi connectivity index (χ0n) is 14.5. The molecular formula is C15H21F4IN4O2S. The summed E-state index contributed by atoms with van der Waals surface area (Å²) in [6.45, 7) is 0.749. The molecule has 154 valence electrons. The molecule has 6 nitrogen and oxygen atoms in total. The second-order valence-corrected chi connectivity index (χ2v) is 7.81. The van der Waals surface area contributed by atoms with Crippen molar-refractivity contribution in [2.45, 2.75) is 19.1 Å². The van der Waals surface area contributed by atoms with E-state index in [1.54, 1.807) is 0 Å². The van der Waals surface area contributed by atoms with Crippen LogP contribution in [0.1, 0.15) is 17.5 Å². The molecule has 12 heteroatoms. The van der Waals surface area contributed by atoms with Gasteiger partial charge in [-0.15, -0.1) is 24.0 Å². The predicted molar refractivity (Wildman–Crippen MR) is 105 cm³/mol. The summed E-state index contributed by atoms with van der Waals surface area (Å²) in [4.78, 5) is 3.88. The third-order valence-corrected chi connectivity index (χ3v) is 5.86. The molecule has 0 bridgehead atoms. The van der Waals surface area contributed by atoms with Crippen LogP contribution in [0.4, 0.5) is 17.6 Å². The van der Waals surface area contributed by atoms with Gasteiger partial charge in [-0.1, -0.05) is 6.07 Å². The van der Waals surface area contributed by atoms with Crippen molar-refractivity contribution in [3.63, 3.8) is 0 Å². The van der Waals surface area contributed by atoms with Crippen LogP contribution in [0.2, 0.25) is 0 Å². The van der Waals surface area contributed by atoms with Crippen LogP contribution in [0.3, 0.4) is 0 Å². The van der Waals surface area contributed by atoms with Gasteiger partial charge in [-0.3, -0.25) is 4.99 Å². The summed E-state index contributed by atoms with van der Waals surface area (Å²) in [5, 5.41) is 5.56. The first-order valence-electron chi connectivity index (χ1n) is 7.91. The first-order valence-corrected chi connectivity index (χ1v) is 9.52. The highest BCUT2D eigenvalue weighted by Crippen LogP contribution is 2.32. The second-order valence-electron chi connectivity index (χ2n) is 5.72. The fourth-order valence-electron chi connectivity index (χ4n) is 2.61. The highest BCUT2D eigenvalue weighted by atomic mass is 127. The maximum atomic E-state index is 13.1. The van der Waals surface area contributed by atoms with Crippen LogP contribution >= 0.6 is 24.0 Å². The van der Waals surface area contributed by atoms with Crippen molar-refractivity contribution < 1.29 is 26.0 Å². The van der Waals surface area contributed by atoms with Gasteiger partial charge in [0.25, 0.3) is 0 Å². The van der Waals surface area contributed by atoms with E-state index in [2.05, 4.69) is 15.6 Å². The molecule has 0 atom stereocenters. The number of rotatable bonds is 5. The van der Waals surface area contributed by atoms with E-state index in [0.29, 0.717) is 19.0 Å². The van der Waals surface area contributed by atoms with E-state index in [4.69, 9.17) is 0 Å². The Bertz CT molecular complexity index is 772. The Hall–Kier alpha value is -1.15. The zero-order valence-corrected chi connectivity index (χ0v) is 17.7. The Morgan fingerprint density at radius 3 is 2.56 bits per heavy atom. The predicted octanol–water partition coefficient (Wildman–Crippen LogP) is 2.16. The number of benzene rings is 1. The van der Waals surface area contributed by atoms with Gasteiger partial charge < -0.3 is 10.6 Å². The molecule has 0 unspecified atom stereocenters. The molecule has 0 aliphatic carbocycles. The minimum atomic E-state index is -4.67. The summed E-state index contributed by atoms with van der Waals surface area (Å²) < 4.78 is 76.8. The molecule has 0 spiro atoms. The van der Waals surface area contributed by atoms with Gasteiger partial charge >= 0.3 is 6.18 Å². The first kappa shape index (κ1) is 23.9. The lowest BCUT2D eigenvalue weighted by Crippen LogP contribution is -2.41. The van der Waals surface area contributed by atoms with E-state index < -0.39 is 27.6 Å². The van der Waals surface area contributed by atoms with E-state index in [1.165, 1.54) is 11.4 Å². The molecule has 0 amide bonds. The number of halogens is 5. The van der Waals surface area contributed by atoms with E-state index in [1.807, 2.05) is 0 Å². The highest BCUT2D eigenvalue weighted by molar-refractivity contribution is 14.0. The molecule has 1 aliphatic rings. The monoisotopic (exact) mass is 524 g/mol. The van der Waals surface area contributed by atoms with E-state index >= 15 is 0 Å². The van der Waals surface area contributed by atoms with Crippen molar-refractivity contribution in [3.05, 3.63) is 35.1 Å². The summed E-state index contributed by atoms with van der Waals surface area (Å²) in [5.41, 5.74) is -1.17. The Balaban J connectivity index is 0.00000364. The van der Waals surface area contributed by atoms with Gasteiger partial charge in [0, 0.05) is 33.2 Å². The summed E-state index contributed by atoms with van der Waals surface area (Å²) in [6.07, 6.45) is -4.08. The molecule has 2 N–H and O–H groups in total. The quantitative estimate of drug-likeness (QED) is 0.268. The molecule has 0 saturated carbocycles. The molecule has 1 aliphatic heterocycles. The van der Waals surface area contributed by atoms with Crippen molar-refractivity contribution in [3.8, 4) is 0 Å². The van der Waals surface area contributed by atoms with E-state index in [0.717, 1.165) is 12.1 Å². The number of aliphatic imine (C=N–C) groups is 1. The van der Waals surface area contributed by atoms with Gasteiger partial charge in [-0.05, 0) is 24.1 Å². The topological polar surface area (TPSA) is 73.8 Å². The summed E-state index contributed by atoms with van der Waals surface area (Å²) in [6, 6.07) is 2.47. The lowest BCUT2D eigenvalue weighted by molar-refractivity contribution is -0.138. The Morgan fingerprint density at radius 2 is 2.00 bits per heavy atom. The second kappa shape index (κ2) is 9.87. The number of nitrogens with zero attached hydrogens (tertiary/aromatic N) is 2. The minimum Gasteiger partial charge on any atom is -0.355 e. The number of nitrogens with one attached hydrogen (secondary N) is 2. The standard InChI is InChI=1S/C15H20F4N4O2S.HI/c1-20-14(21-5-7-23-6-2-8-26(23,24)25)22-10-11-3-4-12(16)9-13(11)15(17,18)19;/h3-4,9H,2,5-8,10H2,1H3,(H2,20,21,22);1H.